The standard InChI is InChI=1S/C18H20N2O4/c1-23-15-7-9-16(10-8-15)24-12-11-19-17(21)18(22)20-13-14-5-3-2-4-6-14/h2-10H,11-13H2,1H3,(H,19,21)(H,20,22). The molecule has 0 aliphatic rings. The van der Waals surface area contributed by atoms with Crippen LogP contribution in [0.5, 0.6) is 11.5 Å². The van der Waals surface area contributed by atoms with Crippen LogP contribution in [-0.4, -0.2) is 32.1 Å². The Morgan fingerprint density at radius 2 is 1.50 bits per heavy atom. The highest BCUT2D eigenvalue weighted by molar-refractivity contribution is 6.35. The number of nitrogens with one attached hydrogen (secondary N) is 2. The maximum atomic E-state index is 11.7. The summed E-state index contributed by atoms with van der Waals surface area (Å²) >= 11 is 0. The van der Waals surface area contributed by atoms with Gasteiger partial charge in [-0.1, -0.05) is 30.3 Å². The molecule has 0 fully saturated rings. The summed E-state index contributed by atoms with van der Waals surface area (Å²) < 4.78 is 10.5. The van der Waals surface area contributed by atoms with E-state index in [4.69, 9.17) is 9.47 Å². The molecule has 2 amide bonds. The molecule has 2 aromatic rings. The zero-order valence-corrected chi connectivity index (χ0v) is 13.5. The van der Waals surface area contributed by atoms with Crippen LogP contribution in [0.25, 0.3) is 0 Å². The van der Waals surface area contributed by atoms with Gasteiger partial charge in [-0.3, -0.25) is 9.59 Å². The maximum absolute atomic E-state index is 11.7. The molecule has 126 valence electrons. The van der Waals surface area contributed by atoms with E-state index in [1.807, 2.05) is 30.3 Å². The molecule has 0 heterocycles. The van der Waals surface area contributed by atoms with Gasteiger partial charge < -0.3 is 20.1 Å². The molecule has 0 saturated carbocycles. The van der Waals surface area contributed by atoms with E-state index in [0.717, 1.165) is 11.3 Å². The number of rotatable bonds is 7. The third kappa shape index (κ3) is 5.64. The summed E-state index contributed by atoms with van der Waals surface area (Å²) in [6.45, 7) is 0.823. The van der Waals surface area contributed by atoms with Gasteiger partial charge in [-0.25, -0.2) is 0 Å². The average molecular weight is 328 g/mol. The van der Waals surface area contributed by atoms with Crippen molar-refractivity contribution < 1.29 is 19.1 Å². The van der Waals surface area contributed by atoms with E-state index in [1.165, 1.54) is 0 Å². The van der Waals surface area contributed by atoms with Crippen LogP contribution in [0.1, 0.15) is 5.56 Å². The maximum Gasteiger partial charge on any atom is 0.309 e. The lowest BCUT2D eigenvalue weighted by atomic mass is 10.2. The first-order valence-electron chi connectivity index (χ1n) is 7.56. The number of hydrogen-bond acceptors (Lipinski definition) is 4. The summed E-state index contributed by atoms with van der Waals surface area (Å²) in [4.78, 5) is 23.3. The largest absolute Gasteiger partial charge is 0.497 e. The van der Waals surface area contributed by atoms with Crippen molar-refractivity contribution in [2.24, 2.45) is 0 Å². The van der Waals surface area contributed by atoms with Gasteiger partial charge in [0.15, 0.2) is 0 Å². The lowest BCUT2D eigenvalue weighted by Crippen LogP contribution is -2.41. The molecule has 0 aromatic heterocycles. The van der Waals surface area contributed by atoms with Gasteiger partial charge in [-0.2, -0.15) is 0 Å². The highest BCUT2D eigenvalue weighted by Gasteiger charge is 2.12. The van der Waals surface area contributed by atoms with E-state index in [9.17, 15) is 9.59 Å². The minimum atomic E-state index is -0.677. The number of hydrogen-bond donors (Lipinski definition) is 2. The fraction of sp³-hybridized carbons (Fsp3) is 0.222. The fourth-order valence-corrected chi connectivity index (χ4v) is 1.94. The smallest absolute Gasteiger partial charge is 0.309 e. The van der Waals surface area contributed by atoms with E-state index >= 15 is 0 Å². The number of methoxy groups -OCH3 is 1. The molecule has 2 rings (SSSR count). The van der Waals surface area contributed by atoms with Crippen molar-refractivity contribution in [3.63, 3.8) is 0 Å². The van der Waals surface area contributed by atoms with Crippen molar-refractivity contribution in [1.29, 1.82) is 0 Å². The topological polar surface area (TPSA) is 76.7 Å². The Labute approximate surface area is 140 Å². The van der Waals surface area contributed by atoms with Gasteiger partial charge >= 0.3 is 11.8 Å². The van der Waals surface area contributed by atoms with Gasteiger partial charge in [0, 0.05) is 6.54 Å². The highest BCUT2D eigenvalue weighted by atomic mass is 16.5. The molecule has 24 heavy (non-hydrogen) atoms. The monoisotopic (exact) mass is 328 g/mol. The van der Waals surface area contributed by atoms with Crippen molar-refractivity contribution in [3.05, 3.63) is 60.2 Å². The molecule has 0 aliphatic carbocycles. The van der Waals surface area contributed by atoms with Crippen LogP contribution >= 0.6 is 0 Å². The molecule has 6 nitrogen and oxygen atoms in total. The Balaban J connectivity index is 1.64. The Kier molecular flexibility index (Phi) is 6.64. The predicted molar refractivity (Wildman–Crippen MR) is 89.8 cm³/mol. The number of carbonyl (C=O) groups is 2. The van der Waals surface area contributed by atoms with Crippen molar-refractivity contribution in [1.82, 2.24) is 10.6 Å². The van der Waals surface area contributed by atoms with Crippen LogP contribution < -0.4 is 20.1 Å². The molecule has 2 N–H and O–H groups in total. The summed E-state index contributed by atoms with van der Waals surface area (Å²) in [5, 5.41) is 5.08. The molecule has 0 saturated heterocycles. The van der Waals surface area contributed by atoms with Gasteiger partial charge in [0.2, 0.25) is 0 Å². The first-order chi connectivity index (χ1) is 11.7. The number of benzene rings is 2. The number of amides is 2. The van der Waals surface area contributed by atoms with Crippen molar-refractivity contribution in [3.8, 4) is 11.5 Å². The predicted octanol–water partition coefficient (Wildman–Crippen LogP) is 1.51. The minimum Gasteiger partial charge on any atom is -0.497 e. The van der Waals surface area contributed by atoms with Gasteiger partial charge in [-0.05, 0) is 29.8 Å². The van der Waals surface area contributed by atoms with Crippen LogP contribution in [0.2, 0.25) is 0 Å². The Morgan fingerprint density at radius 3 is 2.17 bits per heavy atom. The molecular formula is C18H20N2O4. The summed E-state index contributed by atoms with van der Waals surface area (Å²) in [6, 6.07) is 16.5. The Bertz CT molecular complexity index is 656. The van der Waals surface area contributed by atoms with Gasteiger partial charge in [0.25, 0.3) is 0 Å². The molecule has 0 spiro atoms. The third-order valence-corrected chi connectivity index (χ3v) is 3.22. The lowest BCUT2D eigenvalue weighted by molar-refractivity contribution is -0.139. The second kappa shape index (κ2) is 9.19. The third-order valence-electron chi connectivity index (χ3n) is 3.22. The first kappa shape index (κ1) is 17.3. The van der Waals surface area contributed by atoms with E-state index < -0.39 is 11.8 Å². The molecule has 0 atom stereocenters. The van der Waals surface area contributed by atoms with E-state index in [-0.39, 0.29) is 13.2 Å². The molecule has 6 heteroatoms. The highest BCUT2D eigenvalue weighted by Crippen LogP contribution is 2.16. The van der Waals surface area contributed by atoms with E-state index in [0.29, 0.717) is 12.3 Å². The van der Waals surface area contributed by atoms with Crippen molar-refractivity contribution in [2.45, 2.75) is 6.54 Å². The van der Waals surface area contributed by atoms with E-state index in [1.54, 1.807) is 31.4 Å². The zero-order valence-electron chi connectivity index (χ0n) is 13.5. The first-order valence-corrected chi connectivity index (χ1v) is 7.56. The van der Waals surface area contributed by atoms with Crippen LogP contribution in [0.4, 0.5) is 0 Å². The van der Waals surface area contributed by atoms with Crippen LogP contribution in [0.15, 0.2) is 54.6 Å². The zero-order chi connectivity index (χ0) is 17.2. The molecule has 0 bridgehead atoms. The molecule has 0 aliphatic heterocycles. The van der Waals surface area contributed by atoms with Crippen molar-refractivity contribution in [2.75, 3.05) is 20.3 Å². The second-order valence-electron chi connectivity index (χ2n) is 4.95. The Hall–Kier alpha value is -3.02. The van der Waals surface area contributed by atoms with Crippen LogP contribution in [0.3, 0.4) is 0 Å². The summed E-state index contributed by atoms with van der Waals surface area (Å²) in [7, 11) is 1.59. The van der Waals surface area contributed by atoms with E-state index in [2.05, 4.69) is 10.6 Å². The van der Waals surface area contributed by atoms with Crippen LogP contribution in [0, 0.1) is 0 Å². The SMILES string of the molecule is COc1ccc(OCCNC(=O)C(=O)NCc2ccccc2)cc1. The quantitative estimate of drug-likeness (QED) is 0.597. The Morgan fingerprint density at radius 1 is 0.875 bits per heavy atom. The molecule has 2 aromatic carbocycles. The normalized spacial score (nSPS) is 9.88. The molecule has 0 unspecified atom stereocenters. The van der Waals surface area contributed by atoms with Gasteiger partial charge in [0.1, 0.15) is 18.1 Å². The van der Waals surface area contributed by atoms with Crippen molar-refractivity contribution >= 4 is 11.8 Å². The second-order valence-corrected chi connectivity index (χ2v) is 4.95. The summed E-state index contributed by atoms with van der Waals surface area (Å²) in [5.74, 6) is 0.0666. The molecule has 0 radical (unpaired) electrons. The number of carbonyl (C=O) groups excluding carboxylic acids is 2. The lowest BCUT2D eigenvalue weighted by Gasteiger charge is -2.09. The fourth-order valence-electron chi connectivity index (χ4n) is 1.94. The van der Waals surface area contributed by atoms with Gasteiger partial charge in [0.05, 0.1) is 13.7 Å². The summed E-state index contributed by atoms with van der Waals surface area (Å²) in [5.41, 5.74) is 0.932. The minimum absolute atomic E-state index is 0.240. The molecular weight excluding hydrogens is 308 g/mol. The van der Waals surface area contributed by atoms with Crippen LogP contribution in [-0.2, 0) is 16.1 Å². The summed E-state index contributed by atoms with van der Waals surface area (Å²) in [6.07, 6.45) is 0. The van der Waals surface area contributed by atoms with Gasteiger partial charge in [-0.15, -0.1) is 0 Å². The number of ether oxygens (including phenoxy) is 2. The average Bonchev–Trinajstić information content (AvgIpc) is 2.64.